The van der Waals surface area contributed by atoms with Gasteiger partial charge in [0, 0.05) is 51.8 Å². The van der Waals surface area contributed by atoms with E-state index in [0.717, 1.165) is 12.3 Å². The number of carbonyl (C=O) groups excluding carboxylic acids is 2. The maximum Gasteiger partial charge on any atom is 0.311 e. The van der Waals surface area contributed by atoms with Crippen molar-refractivity contribution in [3.05, 3.63) is 5.92 Å². The van der Waals surface area contributed by atoms with E-state index in [4.69, 9.17) is 28.4 Å². The van der Waals surface area contributed by atoms with Crippen molar-refractivity contribution in [2.45, 2.75) is 142 Å². The van der Waals surface area contributed by atoms with Crippen LogP contribution in [0.1, 0.15) is 81.6 Å². The molecule has 3 aliphatic heterocycles. The van der Waals surface area contributed by atoms with Crippen LogP contribution in [0, 0.1) is 29.6 Å². The minimum atomic E-state index is -1.71. The van der Waals surface area contributed by atoms with Gasteiger partial charge in [-0.05, 0) is 61.1 Å². The Morgan fingerprint density at radius 2 is 1.72 bits per heavy atom. The third-order valence-corrected chi connectivity index (χ3v) is 10.8. The van der Waals surface area contributed by atoms with Crippen LogP contribution in [0.5, 0.6) is 0 Å². The van der Waals surface area contributed by atoms with Crippen LogP contribution in [0.3, 0.4) is 0 Å². The number of likely N-dealkylation sites (N-methyl/N-ethyl adjacent to an activating group) is 1. The van der Waals surface area contributed by atoms with Crippen LogP contribution in [-0.4, -0.2) is 121 Å². The molecule has 2 bridgehead atoms. The molecule has 12 heteroatoms. The number of aliphatic hydroxyl groups excluding tert-OH is 1. The maximum absolute atomic E-state index is 13.8. The van der Waals surface area contributed by atoms with Crippen molar-refractivity contribution in [2.75, 3.05) is 34.4 Å². The predicted molar refractivity (Wildman–Crippen MR) is 168 cm³/mol. The van der Waals surface area contributed by atoms with Crippen molar-refractivity contribution in [3.63, 3.8) is 0 Å². The monoisotopic (exact) mass is 731 g/mol. The van der Waals surface area contributed by atoms with Crippen molar-refractivity contribution in [1.82, 2.24) is 4.90 Å². The normalized spacial score (nSPS) is 45.6. The third kappa shape index (κ3) is 9.17. The van der Waals surface area contributed by atoms with E-state index >= 15 is 0 Å². The molecule has 2 N–H and O–H groups in total. The number of hydrogen-bond acceptors (Lipinski definition) is 11. The van der Waals surface area contributed by atoms with Crippen LogP contribution >= 0.6 is 0 Å². The van der Waals surface area contributed by atoms with Gasteiger partial charge < -0.3 is 49.5 Å². The summed E-state index contributed by atoms with van der Waals surface area (Å²) in [4.78, 5) is 28.9. The van der Waals surface area contributed by atoms with Crippen LogP contribution < -0.4 is 0 Å². The molecule has 0 spiro atoms. The van der Waals surface area contributed by atoms with Gasteiger partial charge in [0.05, 0.1) is 35.9 Å². The molecule has 3 fully saturated rings. The Labute approximate surface area is 302 Å². The number of ether oxygens (including phenoxy) is 6. The summed E-state index contributed by atoms with van der Waals surface area (Å²) in [6, 6.07) is 0.0264. The fourth-order valence-electron chi connectivity index (χ4n) is 7.69. The van der Waals surface area contributed by atoms with Gasteiger partial charge in [0.2, 0.25) is 0 Å². The Balaban J connectivity index is 0.00000736. The number of fused-ring (bicyclic) bond motifs is 3. The maximum atomic E-state index is 13.8. The second-order valence-electron chi connectivity index (χ2n) is 14.5. The zero-order chi connectivity index (χ0) is 34.0. The average Bonchev–Trinajstić information content (AvgIpc) is 3.02. The van der Waals surface area contributed by atoms with Crippen molar-refractivity contribution >= 4 is 11.8 Å². The largest absolute Gasteiger partial charge is 0.459 e. The van der Waals surface area contributed by atoms with Gasteiger partial charge in [-0.2, -0.15) is 12.8 Å². The molecule has 46 heavy (non-hydrogen) atoms. The number of aliphatic hydroxyl groups is 2. The van der Waals surface area contributed by atoms with Crippen LogP contribution in [0.4, 0.5) is 0 Å². The van der Waals surface area contributed by atoms with Crippen molar-refractivity contribution in [1.29, 1.82) is 0 Å². The van der Waals surface area contributed by atoms with E-state index in [0.29, 0.717) is 12.8 Å². The van der Waals surface area contributed by atoms with Crippen LogP contribution in [0.25, 0.3) is 0 Å². The van der Waals surface area contributed by atoms with Crippen LogP contribution in [0.15, 0.2) is 0 Å². The number of nitrogens with zero attached hydrogens (tertiary/aromatic N) is 1. The van der Waals surface area contributed by atoms with Crippen LogP contribution in [-0.2, 0) is 70.7 Å². The Bertz CT molecular complexity index is 999. The molecule has 0 aromatic rings. The first kappa shape index (κ1) is 42.1. The summed E-state index contributed by atoms with van der Waals surface area (Å²) < 4.78 is 38.0. The van der Waals surface area contributed by atoms with Crippen molar-refractivity contribution in [3.8, 4) is 0 Å². The summed E-state index contributed by atoms with van der Waals surface area (Å²) in [6.07, 6.45) is -3.48. The van der Waals surface area contributed by atoms with Gasteiger partial charge in [0.25, 0.3) is 0 Å². The minimum absolute atomic E-state index is 0. The Kier molecular flexibility index (Phi) is 15.8. The van der Waals surface area contributed by atoms with E-state index in [1.165, 1.54) is 6.92 Å². The fraction of sp³-hybridized carbons (Fsp3) is 0.912. The topological polar surface area (TPSA) is 133 Å². The molecule has 0 aromatic carbocycles. The Morgan fingerprint density at radius 1 is 1.09 bits per heavy atom. The van der Waals surface area contributed by atoms with Crippen molar-refractivity contribution < 1.29 is 80.9 Å². The average molecular weight is 732 g/mol. The molecule has 0 amide bonds. The number of cyclic esters (lactones) is 1. The zero-order valence-corrected chi connectivity index (χ0v) is 33.0. The molecule has 3 rings (SSSR count). The smallest absolute Gasteiger partial charge is 0.311 e. The summed E-state index contributed by atoms with van der Waals surface area (Å²) in [6.45, 7) is 16.4. The number of carbonyl (C=O) groups is 2. The predicted octanol–water partition coefficient (Wildman–Crippen LogP) is 3.17. The molecule has 0 aromatic heterocycles. The SMILES string of the molecule is CC[C@H]1OC(=O)[C@H](C)[C@H]2OCC(=O)CO[C@](C)(C[C@@H](C)[C-](C)[C@H](C)[C@@H](O)[C@]1(C)O)[C@H](O[C@@H]1O[C@H](C)C[C@H](N(C)C)[C@H]1OC)[C@H]2C.[Y]. The van der Waals surface area contributed by atoms with Gasteiger partial charge >= 0.3 is 5.97 Å². The zero-order valence-electron chi connectivity index (χ0n) is 30.1. The van der Waals surface area contributed by atoms with E-state index in [1.54, 1.807) is 21.0 Å². The molecule has 0 saturated carbocycles. The molecule has 0 unspecified atom stereocenters. The number of esters is 1. The molecule has 11 nitrogen and oxygen atoms in total. The molecule has 3 heterocycles. The van der Waals surface area contributed by atoms with Gasteiger partial charge in [0.1, 0.15) is 31.0 Å². The number of Topliss-reactive ketones (excluding diaryl/α,β-unsaturated/α-hetero) is 1. The number of rotatable bonds is 5. The number of ketones is 1. The summed E-state index contributed by atoms with van der Waals surface area (Å²) in [5.41, 5.74) is -2.76. The minimum Gasteiger partial charge on any atom is -0.459 e. The second kappa shape index (κ2) is 17.2. The first-order valence-corrected chi connectivity index (χ1v) is 16.6. The van der Waals surface area contributed by atoms with Gasteiger partial charge in [-0.25, -0.2) is 0 Å². The first-order valence-electron chi connectivity index (χ1n) is 16.6. The van der Waals surface area contributed by atoms with Crippen LogP contribution in [0.2, 0.25) is 0 Å². The molecular weight excluding hydrogens is 671 g/mol. The van der Waals surface area contributed by atoms with Gasteiger partial charge in [-0.3, -0.25) is 9.59 Å². The number of hydrogen-bond donors (Lipinski definition) is 2. The van der Waals surface area contributed by atoms with Gasteiger partial charge in [0.15, 0.2) is 12.1 Å². The van der Waals surface area contributed by atoms with Gasteiger partial charge in [-0.15, -0.1) is 5.92 Å². The summed E-state index contributed by atoms with van der Waals surface area (Å²) in [7, 11) is 5.66. The first-order chi connectivity index (χ1) is 20.9. The number of methoxy groups -OCH3 is 1. The summed E-state index contributed by atoms with van der Waals surface area (Å²) >= 11 is 0. The molecule has 1 radical (unpaired) electrons. The molecule has 0 aliphatic carbocycles. The summed E-state index contributed by atoms with van der Waals surface area (Å²) in [5, 5.41) is 23.0. The third-order valence-electron chi connectivity index (χ3n) is 10.8. The second-order valence-corrected chi connectivity index (χ2v) is 14.5. The molecular formula is C34H60NO10Y-. The molecule has 3 aliphatic rings. The van der Waals surface area contributed by atoms with E-state index in [1.807, 2.05) is 48.7 Å². The molecule has 14 atom stereocenters. The molecule has 3 saturated heterocycles. The standard InChI is InChI=1S/C34H60NO10.Y/c1-13-26-34(9,39)29(37)21(5)20(4)18(2)15-33(8)30(45-32-28(40-12)25(35(10)11)14-19(3)43-32)22(6)27(23(7)31(38)44-26)41-16-24(36)17-42-33;/h18-19,21-23,25-30,32,37,39H,13-17H2,1-12H3;/q-1;/t18-,19-,21+,22+,23-,25+,26-,27+,28-,29-,30-,32+,33-,34-;/m1./s1. The Morgan fingerprint density at radius 3 is 2.28 bits per heavy atom. The van der Waals surface area contributed by atoms with Gasteiger partial charge in [-0.1, -0.05) is 27.7 Å². The van der Waals surface area contributed by atoms with Crippen molar-refractivity contribution in [2.24, 2.45) is 23.7 Å². The summed E-state index contributed by atoms with van der Waals surface area (Å²) in [5.74, 6) is -1.78. The van der Waals surface area contributed by atoms with E-state index in [9.17, 15) is 19.8 Å². The quantitative estimate of drug-likeness (QED) is 0.319. The fourth-order valence-corrected chi connectivity index (χ4v) is 7.69. The Hall–Kier alpha value is -0.0761. The van der Waals surface area contributed by atoms with E-state index in [2.05, 4.69) is 11.8 Å². The van der Waals surface area contributed by atoms with E-state index in [-0.39, 0.29) is 69.8 Å². The molecule has 265 valence electrons. The van der Waals surface area contributed by atoms with E-state index < -0.39 is 71.7 Å².